The van der Waals surface area contributed by atoms with Crippen LogP contribution in [0.4, 0.5) is 0 Å². The van der Waals surface area contributed by atoms with E-state index in [0.29, 0.717) is 6.42 Å². The van der Waals surface area contributed by atoms with Crippen LogP contribution in [0.2, 0.25) is 39.3 Å². The molecule has 4 aliphatic carbocycles. The van der Waals surface area contributed by atoms with Crippen LogP contribution in [0, 0.1) is 28.6 Å². The summed E-state index contributed by atoms with van der Waals surface area (Å²) in [4.78, 5) is 27.3. The second kappa shape index (κ2) is 7.17. The van der Waals surface area contributed by atoms with Crippen LogP contribution in [0.5, 0.6) is 0 Å². The fourth-order valence-electron chi connectivity index (χ4n) is 8.43. The Hall–Kier alpha value is -1.23. The van der Waals surface area contributed by atoms with Crippen LogP contribution in [0.25, 0.3) is 0 Å². The van der Waals surface area contributed by atoms with Crippen LogP contribution < -0.4 is 0 Å². The van der Waals surface area contributed by atoms with Crippen molar-refractivity contribution >= 4 is 28.6 Å². The number of esters is 2. The lowest BCUT2D eigenvalue weighted by Crippen LogP contribution is -2.50. The molecule has 34 heavy (non-hydrogen) atoms. The first-order valence-corrected chi connectivity index (χ1v) is 19.5. The number of ether oxygens (including phenoxy) is 2. The van der Waals surface area contributed by atoms with Crippen LogP contribution >= 0.6 is 0 Å². The Labute approximate surface area is 205 Å². The number of methoxy groups -OCH3 is 1. The van der Waals surface area contributed by atoms with Crippen molar-refractivity contribution in [2.45, 2.75) is 82.6 Å². The summed E-state index contributed by atoms with van der Waals surface area (Å²) in [6, 6.07) is 0. The van der Waals surface area contributed by atoms with Crippen molar-refractivity contribution in [1.82, 2.24) is 0 Å². The minimum atomic E-state index is -1.91. The molecule has 4 bridgehead atoms. The van der Waals surface area contributed by atoms with Gasteiger partial charge in [-0.05, 0) is 76.0 Å². The van der Waals surface area contributed by atoms with Crippen molar-refractivity contribution in [3.05, 3.63) is 24.3 Å². The van der Waals surface area contributed by atoms with E-state index in [0.717, 1.165) is 31.3 Å². The fourth-order valence-corrected chi connectivity index (χ4v) is 10.6. The van der Waals surface area contributed by atoms with E-state index in [1.807, 2.05) is 6.08 Å². The van der Waals surface area contributed by atoms with Gasteiger partial charge in [-0.1, -0.05) is 18.7 Å². The second-order valence-corrected chi connectivity index (χ2v) is 22.3. The predicted octanol–water partition coefficient (Wildman–Crippen LogP) is 4.84. The lowest BCUT2D eigenvalue weighted by atomic mass is 9.62. The van der Waals surface area contributed by atoms with Crippen LogP contribution in [0.1, 0.15) is 32.1 Å². The van der Waals surface area contributed by atoms with E-state index in [9.17, 15) is 9.59 Å². The van der Waals surface area contributed by atoms with Gasteiger partial charge in [0.05, 0.1) is 25.2 Å². The van der Waals surface area contributed by atoms with Gasteiger partial charge in [0, 0.05) is 18.3 Å². The van der Waals surface area contributed by atoms with Crippen molar-refractivity contribution in [1.29, 1.82) is 0 Å². The maximum absolute atomic E-state index is 13.7. The lowest BCUT2D eigenvalue weighted by Gasteiger charge is -2.48. The molecule has 1 aliphatic heterocycles. The summed E-state index contributed by atoms with van der Waals surface area (Å²) in [6.45, 7) is 17.8. The van der Waals surface area contributed by atoms with E-state index in [-0.39, 0.29) is 35.8 Å². The standard InChI is InChI=1S/C26H40O6Si2/c1-17-14-24-15-25(17,32-34(6,7)8)13-10-18(24)26-12-9-11-23(22(28)31-26,16-30-33(3,4)5)20(26)19(24)21(27)29-2/h9,11,18-20H,1,10,12-16H2,2-8H3/t18?,19?,20?,23?,24-,25-,26+/m0/s1. The third-order valence-corrected chi connectivity index (χ3v) is 11.2. The first kappa shape index (κ1) is 24.5. The maximum Gasteiger partial charge on any atom is 0.319 e. The number of rotatable bonds is 6. The largest absolute Gasteiger partial charge is 0.469 e. The SMILES string of the molecule is C=C1C[C@]23C[C@@]1(O[Si](C)(C)C)CCC2[C@@]12CC=CC(CO[Si](C)(C)C)(C(=O)O1)C2C3C(=O)OC. The van der Waals surface area contributed by atoms with Crippen molar-refractivity contribution in [2.24, 2.45) is 28.6 Å². The van der Waals surface area contributed by atoms with Crippen LogP contribution in [-0.4, -0.2) is 53.5 Å². The molecule has 0 N–H and O–H groups in total. The van der Waals surface area contributed by atoms with E-state index in [1.54, 1.807) is 0 Å². The molecule has 0 amide bonds. The molecule has 1 spiro atoms. The summed E-state index contributed by atoms with van der Waals surface area (Å²) < 4.78 is 25.1. The normalized spacial score (nSPS) is 44.6. The quantitative estimate of drug-likeness (QED) is 0.293. The molecule has 4 fully saturated rings. The molecule has 0 aromatic rings. The smallest absolute Gasteiger partial charge is 0.319 e. The third-order valence-electron chi connectivity index (χ3n) is 9.17. The highest BCUT2D eigenvalue weighted by molar-refractivity contribution is 6.70. The molecule has 0 aromatic heterocycles. The minimum absolute atomic E-state index is 0.0781. The average molecular weight is 505 g/mol. The molecule has 0 aromatic carbocycles. The molecular formula is C26H40O6Si2. The van der Waals surface area contributed by atoms with Gasteiger partial charge in [0.15, 0.2) is 16.6 Å². The van der Waals surface area contributed by atoms with Gasteiger partial charge >= 0.3 is 11.9 Å². The summed E-state index contributed by atoms with van der Waals surface area (Å²) in [5.74, 6) is -1.14. The Morgan fingerprint density at radius 2 is 1.91 bits per heavy atom. The van der Waals surface area contributed by atoms with Gasteiger partial charge in [-0.3, -0.25) is 9.59 Å². The summed E-state index contributed by atoms with van der Waals surface area (Å²) in [6.07, 6.45) is 7.95. The first-order valence-electron chi connectivity index (χ1n) is 12.7. The Morgan fingerprint density at radius 3 is 2.53 bits per heavy atom. The fraction of sp³-hybridized carbons (Fsp3) is 0.769. The molecule has 5 aliphatic rings. The van der Waals surface area contributed by atoms with Crippen molar-refractivity contribution in [2.75, 3.05) is 13.7 Å². The summed E-state index contributed by atoms with van der Waals surface area (Å²) >= 11 is 0. The average Bonchev–Trinajstić information content (AvgIpc) is 3.12. The molecule has 1 saturated heterocycles. The van der Waals surface area contributed by atoms with Gasteiger partial charge in [-0.15, -0.1) is 0 Å². The Kier molecular flexibility index (Phi) is 5.16. The molecule has 5 rings (SSSR count). The van der Waals surface area contributed by atoms with E-state index in [2.05, 4.69) is 51.9 Å². The number of hydrogen-bond acceptors (Lipinski definition) is 6. The Morgan fingerprint density at radius 1 is 1.21 bits per heavy atom. The number of fused-ring (bicyclic) bond motifs is 1. The zero-order chi connectivity index (χ0) is 24.9. The van der Waals surface area contributed by atoms with E-state index in [4.69, 9.17) is 18.3 Å². The third kappa shape index (κ3) is 3.10. The Bertz CT molecular complexity index is 979. The van der Waals surface area contributed by atoms with Crippen LogP contribution in [0.3, 0.4) is 0 Å². The Balaban J connectivity index is 1.65. The van der Waals surface area contributed by atoms with Crippen molar-refractivity contribution in [3.8, 4) is 0 Å². The monoisotopic (exact) mass is 504 g/mol. The highest BCUT2D eigenvalue weighted by Crippen LogP contribution is 2.78. The predicted molar refractivity (Wildman–Crippen MR) is 134 cm³/mol. The highest BCUT2D eigenvalue weighted by atomic mass is 28.4. The topological polar surface area (TPSA) is 71.1 Å². The summed E-state index contributed by atoms with van der Waals surface area (Å²) in [7, 11) is -2.31. The number of carbonyl (C=O) groups is 2. The minimum Gasteiger partial charge on any atom is -0.469 e. The molecule has 8 heteroatoms. The van der Waals surface area contributed by atoms with Crippen molar-refractivity contribution in [3.63, 3.8) is 0 Å². The van der Waals surface area contributed by atoms with Crippen LogP contribution in [-0.2, 0) is 27.9 Å². The molecule has 7 atom stereocenters. The van der Waals surface area contributed by atoms with E-state index < -0.39 is 39.2 Å². The molecule has 1 heterocycles. The van der Waals surface area contributed by atoms with Gasteiger partial charge in [-0.25, -0.2) is 0 Å². The second-order valence-electron chi connectivity index (χ2n) is 13.4. The van der Waals surface area contributed by atoms with Gasteiger partial charge in [0.25, 0.3) is 0 Å². The van der Waals surface area contributed by atoms with Gasteiger partial charge in [0.2, 0.25) is 0 Å². The highest BCUT2D eigenvalue weighted by Gasteiger charge is 2.83. The van der Waals surface area contributed by atoms with Crippen LogP contribution in [0.15, 0.2) is 24.3 Å². The van der Waals surface area contributed by atoms with Gasteiger partial charge in [-0.2, -0.15) is 0 Å². The molecule has 6 nitrogen and oxygen atoms in total. The summed E-state index contributed by atoms with van der Waals surface area (Å²) in [5, 5.41) is 0. The molecule has 188 valence electrons. The maximum atomic E-state index is 13.7. The zero-order valence-corrected chi connectivity index (χ0v) is 23.8. The van der Waals surface area contributed by atoms with Gasteiger partial charge in [0.1, 0.15) is 11.0 Å². The summed E-state index contributed by atoms with van der Waals surface area (Å²) in [5.41, 5.74) is -1.30. The first-order chi connectivity index (χ1) is 15.6. The molecule has 4 unspecified atom stereocenters. The van der Waals surface area contributed by atoms with Gasteiger partial charge < -0.3 is 18.3 Å². The number of carbonyl (C=O) groups excluding carboxylic acids is 2. The van der Waals surface area contributed by atoms with E-state index in [1.165, 1.54) is 7.11 Å². The number of hydrogen-bond donors (Lipinski definition) is 0. The molecule has 0 radical (unpaired) electrons. The molecule has 3 saturated carbocycles. The van der Waals surface area contributed by atoms with E-state index >= 15 is 0 Å². The molecular weight excluding hydrogens is 464 g/mol. The van der Waals surface area contributed by atoms with Crippen molar-refractivity contribution < 1.29 is 27.9 Å². The zero-order valence-electron chi connectivity index (χ0n) is 21.8. The lowest BCUT2D eigenvalue weighted by molar-refractivity contribution is -0.163.